The second-order valence-corrected chi connectivity index (χ2v) is 12.9. The Hall–Kier alpha value is -4.27. The molecule has 0 aromatic heterocycles. The predicted molar refractivity (Wildman–Crippen MR) is 173 cm³/mol. The molecular formula is C36H32ClNO5S. The molecule has 0 aliphatic heterocycles. The van der Waals surface area contributed by atoms with E-state index in [1.54, 1.807) is 60.7 Å². The van der Waals surface area contributed by atoms with Gasteiger partial charge in [0.15, 0.2) is 0 Å². The van der Waals surface area contributed by atoms with Crippen LogP contribution in [-0.4, -0.2) is 37.2 Å². The van der Waals surface area contributed by atoms with Crippen molar-refractivity contribution < 1.29 is 23.4 Å². The van der Waals surface area contributed by atoms with Crippen LogP contribution in [0.5, 0.6) is 0 Å². The van der Waals surface area contributed by atoms with Gasteiger partial charge in [-0.15, -0.1) is 0 Å². The average Bonchev–Trinajstić information content (AvgIpc) is 3.04. The van der Waals surface area contributed by atoms with Gasteiger partial charge in [-0.2, -0.15) is 0 Å². The van der Waals surface area contributed by atoms with E-state index in [-0.39, 0.29) is 21.4 Å². The van der Waals surface area contributed by atoms with E-state index >= 15 is 0 Å². The summed E-state index contributed by atoms with van der Waals surface area (Å²) in [5, 5.41) is 25.3. The monoisotopic (exact) mass is 625 g/mol. The third kappa shape index (κ3) is 7.26. The molecule has 0 heterocycles. The van der Waals surface area contributed by atoms with E-state index in [4.69, 9.17) is 11.6 Å². The second kappa shape index (κ2) is 14.0. The average molecular weight is 626 g/mol. The van der Waals surface area contributed by atoms with Crippen LogP contribution in [0.25, 0.3) is 11.1 Å². The summed E-state index contributed by atoms with van der Waals surface area (Å²) < 4.78 is 27.3. The zero-order chi connectivity index (χ0) is 31.1. The zero-order valence-corrected chi connectivity index (χ0v) is 25.4. The maximum atomic E-state index is 13.7. The molecular weight excluding hydrogens is 594 g/mol. The first-order chi connectivity index (χ1) is 21.2. The molecule has 0 radical (unpaired) electrons. The Morgan fingerprint density at radius 3 is 2.09 bits per heavy atom. The highest BCUT2D eigenvalue weighted by Gasteiger charge is 2.27. The number of aliphatic hydroxyl groups excluding tert-OH is 1. The minimum Gasteiger partial charge on any atom is -0.478 e. The second-order valence-electron chi connectivity index (χ2n) is 10.5. The number of carbonyl (C=O) groups is 1. The number of carboxylic acid groups (broad SMARTS) is 1. The molecule has 3 N–H and O–H groups in total. The van der Waals surface area contributed by atoms with Crippen LogP contribution in [-0.2, 0) is 22.7 Å². The Kier molecular flexibility index (Phi) is 9.92. The van der Waals surface area contributed by atoms with E-state index in [0.29, 0.717) is 35.5 Å². The highest BCUT2D eigenvalue weighted by Crippen LogP contribution is 2.32. The van der Waals surface area contributed by atoms with Gasteiger partial charge in [-0.1, -0.05) is 109 Å². The van der Waals surface area contributed by atoms with Gasteiger partial charge in [0.1, 0.15) is 0 Å². The number of rotatable bonds is 12. The highest BCUT2D eigenvalue weighted by molar-refractivity contribution is 7.91. The summed E-state index contributed by atoms with van der Waals surface area (Å²) in [6.45, 7) is 0.531. The number of hydrogen-bond donors (Lipinski definition) is 3. The van der Waals surface area contributed by atoms with Gasteiger partial charge >= 0.3 is 5.97 Å². The van der Waals surface area contributed by atoms with Gasteiger partial charge in [-0.05, 0) is 77.5 Å². The number of halogens is 1. The highest BCUT2D eigenvalue weighted by atomic mass is 35.5. The molecule has 44 heavy (non-hydrogen) atoms. The molecule has 0 aliphatic rings. The minimum atomic E-state index is -4.12. The molecule has 2 atom stereocenters. The molecule has 6 nitrogen and oxygen atoms in total. The molecule has 0 amide bonds. The van der Waals surface area contributed by atoms with E-state index in [1.165, 1.54) is 18.2 Å². The van der Waals surface area contributed by atoms with Crippen molar-refractivity contribution in [3.8, 4) is 11.1 Å². The fourth-order valence-electron chi connectivity index (χ4n) is 5.28. The van der Waals surface area contributed by atoms with Gasteiger partial charge in [0.25, 0.3) is 0 Å². The Bertz CT molecular complexity index is 1830. The Morgan fingerprint density at radius 1 is 0.773 bits per heavy atom. The lowest BCUT2D eigenvalue weighted by Gasteiger charge is -2.25. The quantitative estimate of drug-likeness (QED) is 0.138. The normalized spacial score (nSPS) is 12.9. The number of aromatic carboxylic acids is 1. The standard InChI is InChI=1S/C36H32ClNO5S/c37-29-14-7-13-28(24-29)35(39)32(23-26-9-3-1-4-10-26)38-22-21-25-17-19-30(20-18-25)44(42,43)33-16-8-15-31(34(33)36(40)41)27-11-5-2-6-12-27/h1-20,24,32,35,38-39H,21-23H2,(H,40,41). The molecule has 2 unspecified atom stereocenters. The van der Waals surface area contributed by atoms with Crippen molar-refractivity contribution in [2.24, 2.45) is 0 Å². The number of hydrogen-bond acceptors (Lipinski definition) is 5. The Balaban J connectivity index is 1.32. The first-order valence-corrected chi connectivity index (χ1v) is 16.1. The van der Waals surface area contributed by atoms with Crippen molar-refractivity contribution in [1.82, 2.24) is 5.32 Å². The number of carboxylic acids is 1. The van der Waals surface area contributed by atoms with Crippen LogP contribution in [0.3, 0.4) is 0 Å². The first-order valence-electron chi connectivity index (χ1n) is 14.2. The molecule has 5 aromatic carbocycles. The number of aliphatic hydroxyl groups is 1. The minimum absolute atomic E-state index is 0.0141. The third-order valence-corrected chi connectivity index (χ3v) is 9.59. The van der Waals surface area contributed by atoms with E-state index in [9.17, 15) is 23.4 Å². The number of benzene rings is 5. The van der Waals surface area contributed by atoms with Crippen LogP contribution in [0.1, 0.15) is 33.2 Å². The maximum absolute atomic E-state index is 13.7. The van der Waals surface area contributed by atoms with Crippen molar-refractivity contribution in [3.63, 3.8) is 0 Å². The predicted octanol–water partition coefficient (Wildman–Crippen LogP) is 7.02. The van der Waals surface area contributed by atoms with E-state index in [1.807, 2.05) is 48.5 Å². The lowest BCUT2D eigenvalue weighted by Crippen LogP contribution is -2.38. The smallest absolute Gasteiger partial charge is 0.337 e. The summed E-state index contributed by atoms with van der Waals surface area (Å²) in [4.78, 5) is 12.1. The molecule has 8 heteroatoms. The Morgan fingerprint density at radius 2 is 1.43 bits per heavy atom. The van der Waals surface area contributed by atoms with E-state index < -0.39 is 21.9 Å². The fourth-order valence-corrected chi connectivity index (χ4v) is 6.96. The molecule has 0 spiro atoms. The molecule has 0 fully saturated rings. The molecule has 5 rings (SSSR count). The molecule has 224 valence electrons. The molecule has 0 aliphatic carbocycles. The summed E-state index contributed by atoms with van der Waals surface area (Å²) in [5.41, 5.74) is 3.40. The molecule has 0 saturated heterocycles. The number of nitrogens with one attached hydrogen (secondary N) is 1. The third-order valence-electron chi connectivity index (χ3n) is 7.54. The summed E-state index contributed by atoms with van der Waals surface area (Å²) in [5.74, 6) is -1.31. The molecule has 5 aromatic rings. The van der Waals surface area contributed by atoms with Crippen molar-refractivity contribution in [3.05, 3.63) is 155 Å². The number of sulfone groups is 1. The van der Waals surface area contributed by atoms with Crippen molar-refractivity contribution in [2.45, 2.75) is 34.8 Å². The van der Waals surface area contributed by atoms with Crippen LogP contribution in [0.2, 0.25) is 5.02 Å². The van der Waals surface area contributed by atoms with Crippen LogP contribution in [0.15, 0.2) is 137 Å². The van der Waals surface area contributed by atoms with Crippen molar-refractivity contribution >= 4 is 27.4 Å². The zero-order valence-electron chi connectivity index (χ0n) is 23.8. The lowest BCUT2D eigenvalue weighted by atomic mass is 9.96. The van der Waals surface area contributed by atoms with Crippen LogP contribution < -0.4 is 5.32 Å². The van der Waals surface area contributed by atoms with E-state index in [2.05, 4.69) is 5.32 Å². The van der Waals surface area contributed by atoms with Crippen molar-refractivity contribution in [2.75, 3.05) is 6.54 Å². The van der Waals surface area contributed by atoms with Gasteiger partial charge in [-0.25, -0.2) is 13.2 Å². The van der Waals surface area contributed by atoms with Gasteiger partial charge in [-0.3, -0.25) is 0 Å². The van der Waals surface area contributed by atoms with Crippen LogP contribution in [0, 0.1) is 0 Å². The van der Waals surface area contributed by atoms with Gasteiger partial charge in [0.05, 0.1) is 21.5 Å². The fraction of sp³-hybridized carbons (Fsp3) is 0.139. The van der Waals surface area contributed by atoms with E-state index in [0.717, 1.165) is 16.7 Å². The van der Waals surface area contributed by atoms with Gasteiger partial charge in [0, 0.05) is 11.1 Å². The largest absolute Gasteiger partial charge is 0.478 e. The summed E-state index contributed by atoms with van der Waals surface area (Å²) >= 11 is 6.18. The van der Waals surface area contributed by atoms with Crippen LogP contribution >= 0.6 is 11.6 Å². The summed E-state index contributed by atoms with van der Waals surface area (Å²) in [6.07, 6.45) is 0.383. The van der Waals surface area contributed by atoms with Gasteiger partial charge < -0.3 is 15.5 Å². The maximum Gasteiger partial charge on any atom is 0.337 e. The van der Waals surface area contributed by atoms with Gasteiger partial charge in [0.2, 0.25) is 9.84 Å². The SMILES string of the molecule is O=C(O)c1c(-c2ccccc2)cccc1S(=O)(=O)c1ccc(CCNC(Cc2ccccc2)C(O)c2cccc(Cl)c2)cc1. The first kappa shape index (κ1) is 31.2. The van der Waals surface area contributed by atoms with Crippen molar-refractivity contribution in [1.29, 1.82) is 0 Å². The summed E-state index contributed by atoms with van der Waals surface area (Å²) in [6, 6.07) is 36.7. The lowest BCUT2D eigenvalue weighted by molar-refractivity contribution is 0.0693. The van der Waals surface area contributed by atoms with Crippen LogP contribution in [0.4, 0.5) is 0 Å². The topological polar surface area (TPSA) is 104 Å². The molecule has 0 bridgehead atoms. The summed E-state index contributed by atoms with van der Waals surface area (Å²) in [7, 11) is -4.12. The Labute approximate surface area is 262 Å². The molecule has 0 saturated carbocycles.